The molecule has 1 aromatic carbocycles. The minimum Gasteiger partial charge on any atom is -0.440 e. The molecule has 0 saturated carbocycles. The van der Waals surface area contributed by atoms with Crippen LogP contribution in [0.25, 0.3) is 0 Å². The molecule has 6 heteroatoms. The predicted octanol–water partition coefficient (Wildman–Crippen LogP) is 1.91. The van der Waals surface area contributed by atoms with Crippen LogP contribution in [0.5, 0.6) is 0 Å². The first-order valence-corrected chi connectivity index (χ1v) is 7.03. The van der Waals surface area contributed by atoms with Gasteiger partial charge in [0.25, 0.3) is 10.0 Å². The number of furan rings is 1. The maximum Gasteiger partial charge on any atom is 0.276 e. The molecule has 0 bridgehead atoms. The lowest BCUT2D eigenvalue weighted by Gasteiger charge is -2.15. The van der Waals surface area contributed by atoms with Crippen LogP contribution in [-0.2, 0) is 16.6 Å². The molecule has 0 amide bonds. The highest BCUT2D eigenvalue weighted by Crippen LogP contribution is 2.18. The lowest BCUT2D eigenvalue weighted by Crippen LogP contribution is -2.26. The van der Waals surface area contributed by atoms with Crippen LogP contribution in [0.1, 0.15) is 16.1 Å². The molecule has 0 saturated heterocycles. The van der Waals surface area contributed by atoms with Gasteiger partial charge in [0.1, 0.15) is 0 Å². The van der Waals surface area contributed by atoms with Gasteiger partial charge in [-0.15, -0.1) is 0 Å². The molecule has 0 N–H and O–H groups in total. The number of hydrogen-bond acceptors (Lipinski definition) is 4. The molecule has 0 radical (unpaired) electrons. The second-order valence-corrected chi connectivity index (χ2v) is 6.00. The van der Waals surface area contributed by atoms with Gasteiger partial charge in [0.15, 0.2) is 12.0 Å². The van der Waals surface area contributed by atoms with Crippen molar-refractivity contribution in [3.63, 3.8) is 0 Å². The van der Waals surface area contributed by atoms with E-state index in [0.717, 1.165) is 5.56 Å². The van der Waals surface area contributed by atoms with E-state index in [-0.39, 0.29) is 17.4 Å². The summed E-state index contributed by atoms with van der Waals surface area (Å²) in [5.41, 5.74) is 0.871. The lowest BCUT2D eigenvalue weighted by molar-refractivity contribution is 0.109. The van der Waals surface area contributed by atoms with Gasteiger partial charge >= 0.3 is 0 Å². The van der Waals surface area contributed by atoms with E-state index >= 15 is 0 Å². The highest BCUT2D eigenvalue weighted by Gasteiger charge is 2.24. The Kier molecular flexibility index (Phi) is 3.82. The molecule has 2 rings (SSSR count). The SMILES string of the molecule is CN(Cc1ccccc1)S(=O)(=O)c1ccc(C=O)o1. The van der Waals surface area contributed by atoms with Crippen molar-refractivity contribution in [2.45, 2.75) is 11.6 Å². The van der Waals surface area contributed by atoms with Crippen LogP contribution in [0.4, 0.5) is 0 Å². The maximum atomic E-state index is 12.2. The largest absolute Gasteiger partial charge is 0.440 e. The van der Waals surface area contributed by atoms with Gasteiger partial charge in [-0.05, 0) is 17.7 Å². The third-order valence-electron chi connectivity index (χ3n) is 2.63. The summed E-state index contributed by atoms with van der Waals surface area (Å²) in [5.74, 6) is -0.00770. The van der Waals surface area contributed by atoms with Crippen LogP contribution >= 0.6 is 0 Å². The average Bonchev–Trinajstić information content (AvgIpc) is 2.89. The Bertz CT molecular complexity index is 661. The van der Waals surface area contributed by atoms with Gasteiger partial charge in [-0.3, -0.25) is 4.79 Å². The zero-order valence-corrected chi connectivity index (χ0v) is 11.1. The second kappa shape index (κ2) is 5.38. The minimum atomic E-state index is -3.72. The maximum absolute atomic E-state index is 12.2. The van der Waals surface area contributed by atoms with E-state index in [1.54, 1.807) is 0 Å². The monoisotopic (exact) mass is 279 g/mol. The fraction of sp³-hybridized carbons (Fsp3) is 0.154. The first-order chi connectivity index (χ1) is 9.04. The number of carbonyl (C=O) groups excluding carboxylic acids is 1. The van der Waals surface area contributed by atoms with Crippen LogP contribution < -0.4 is 0 Å². The topological polar surface area (TPSA) is 67.6 Å². The molecule has 0 unspecified atom stereocenters. The van der Waals surface area contributed by atoms with E-state index in [2.05, 4.69) is 0 Å². The van der Waals surface area contributed by atoms with E-state index < -0.39 is 10.0 Å². The van der Waals surface area contributed by atoms with E-state index in [4.69, 9.17) is 4.42 Å². The van der Waals surface area contributed by atoms with Gasteiger partial charge < -0.3 is 4.42 Å². The van der Waals surface area contributed by atoms with Crippen molar-refractivity contribution in [2.24, 2.45) is 0 Å². The molecule has 0 aliphatic carbocycles. The van der Waals surface area contributed by atoms with E-state index in [1.165, 1.54) is 23.5 Å². The molecule has 0 aliphatic heterocycles. The quantitative estimate of drug-likeness (QED) is 0.784. The number of aldehydes is 1. The molecule has 0 fully saturated rings. The van der Waals surface area contributed by atoms with Gasteiger partial charge in [-0.25, -0.2) is 8.42 Å². The standard InChI is InChI=1S/C13H13NO4S/c1-14(9-11-5-3-2-4-6-11)19(16,17)13-8-7-12(10-15)18-13/h2-8,10H,9H2,1H3. The fourth-order valence-corrected chi connectivity index (χ4v) is 2.68. The molecule has 19 heavy (non-hydrogen) atoms. The van der Waals surface area contributed by atoms with Crippen LogP contribution in [-0.4, -0.2) is 26.1 Å². The Morgan fingerprint density at radius 2 is 1.84 bits per heavy atom. The average molecular weight is 279 g/mol. The first kappa shape index (κ1) is 13.5. The van der Waals surface area contributed by atoms with Crippen LogP contribution in [0, 0.1) is 0 Å². The van der Waals surface area contributed by atoms with Crippen molar-refractivity contribution in [3.05, 3.63) is 53.8 Å². The van der Waals surface area contributed by atoms with Gasteiger partial charge in [0.05, 0.1) is 0 Å². The normalized spacial score (nSPS) is 11.7. The van der Waals surface area contributed by atoms with E-state index in [0.29, 0.717) is 6.29 Å². The van der Waals surface area contributed by atoms with Crippen molar-refractivity contribution < 1.29 is 17.6 Å². The highest BCUT2D eigenvalue weighted by molar-refractivity contribution is 7.88. The summed E-state index contributed by atoms with van der Waals surface area (Å²) in [7, 11) is -2.25. The van der Waals surface area contributed by atoms with Gasteiger partial charge in [0, 0.05) is 13.6 Å². The van der Waals surface area contributed by atoms with Crippen molar-refractivity contribution in [2.75, 3.05) is 7.05 Å². The molecule has 0 aliphatic rings. The zero-order chi connectivity index (χ0) is 13.9. The molecule has 0 spiro atoms. The number of nitrogens with zero attached hydrogens (tertiary/aromatic N) is 1. The smallest absolute Gasteiger partial charge is 0.276 e. The minimum absolute atomic E-state index is 0.00770. The van der Waals surface area contributed by atoms with E-state index in [1.807, 2.05) is 30.3 Å². The van der Waals surface area contributed by atoms with Gasteiger partial charge in [-0.2, -0.15) is 4.31 Å². The second-order valence-electron chi connectivity index (χ2n) is 4.02. The molecule has 1 heterocycles. The molecule has 0 atom stereocenters. The van der Waals surface area contributed by atoms with Gasteiger partial charge in [0.2, 0.25) is 5.09 Å². The Balaban J connectivity index is 2.22. The molecule has 2 aromatic rings. The lowest BCUT2D eigenvalue weighted by atomic mass is 10.2. The summed E-state index contributed by atoms with van der Waals surface area (Å²) < 4.78 is 30.5. The summed E-state index contributed by atoms with van der Waals surface area (Å²) in [6.45, 7) is 0.236. The summed E-state index contributed by atoms with van der Waals surface area (Å²) in [6.07, 6.45) is 0.468. The van der Waals surface area contributed by atoms with Crippen molar-refractivity contribution in [3.8, 4) is 0 Å². The first-order valence-electron chi connectivity index (χ1n) is 5.59. The highest BCUT2D eigenvalue weighted by atomic mass is 32.2. The number of sulfonamides is 1. The number of hydrogen-bond donors (Lipinski definition) is 0. The predicted molar refractivity (Wildman–Crippen MR) is 69.2 cm³/mol. The summed E-state index contributed by atoms with van der Waals surface area (Å²) in [6, 6.07) is 11.8. The third kappa shape index (κ3) is 2.91. The molecular formula is C13H13NO4S. The molecule has 5 nitrogen and oxygen atoms in total. The zero-order valence-electron chi connectivity index (χ0n) is 10.3. The molecule has 100 valence electrons. The van der Waals surface area contributed by atoms with Crippen molar-refractivity contribution in [1.29, 1.82) is 0 Å². The van der Waals surface area contributed by atoms with Gasteiger partial charge in [-0.1, -0.05) is 30.3 Å². The molecule has 1 aromatic heterocycles. The van der Waals surface area contributed by atoms with Crippen molar-refractivity contribution in [1.82, 2.24) is 4.31 Å². The number of rotatable bonds is 5. The Morgan fingerprint density at radius 3 is 2.42 bits per heavy atom. The summed E-state index contributed by atoms with van der Waals surface area (Å²) in [4.78, 5) is 10.5. The molecular weight excluding hydrogens is 266 g/mol. The summed E-state index contributed by atoms with van der Waals surface area (Å²) in [5, 5.41) is -0.229. The summed E-state index contributed by atoms with van der Waals surface area (Å²) >= 11 is 0. The number of carbonyl (C=O) groups is 1. The van der Waals surface area contributed by atoms with Crippen LogP contribution in [0.3, 0.4) is 0 Å². The Labute approximate surface area is 111 Å². The Hall–Kier alpha value is -1.92. The fourth-order valence-electron chi connectivity index (χ4n) is 1.62. The van der Waals surface area contributed by atoms with Crippen LogP contribution in [0.15, 0.2) is 52.0 Å². The van der Waals surface area contributed by atoms with Crippen LogP contribution in [0.2, 0.25) is 0 Å². The number of benzene rings is 1. The van der Waals surface area contributed by atoms with E-state index in [9.17, 15) is 13.2 Å². The Morgan fingerprint density at radius 1 is 1.16 bits per heavy atom. The van der Waals surface area contributed by atoms with Crippen molar-refractivity contribution >= 4 is 16.3 Å². The third-order valence-corrected chi connectivity index (χ3v) is 4.31.